The van der Waals surface area contributed by atoms with Crippen LogP contribution in [0.25, 0.3) is 11.1 Å². The zero-order valence-corrected chi connectivity index (χ0v) is 14.6. The van der Waals surface area contributed by atoms with Gasteiger partial charge in [-0.2, -0.15) is 0 Å². The van der Waals surface area contributed by atoms with E-state index in [0.717, 1.165) is 29.8 Å². The Morgan fingerprint density at radius 2 is 2.05 bits per heavy atom. The van der Waals surface area contributed by atoms with Crippen LogP contribution < -0.4 is 0 Å². The third-order valence-electron chi connectivity index (χ3n) is 4.55. The van der Waals surface area contributed by atoms with E-state index >= 15 is 0 Å². The number of para-hydroxylation sites is 1. The van der Waals surface area contributed by atoms with Crippen molar-refractivity contribution in [3.63, 3.8) is 0 Å². The second-order valence-corrected chi connectivity index (χ2v) is 6.81. The number of aromatic nitrogens is 1. The number of rotatable bonds is 7. The molecule has 0 radical (unpaired) electrons. The molecular formula is C20H29NO. The molecule has 2 rings (SSSR count). The molecule has 0 N–H and O–H groups in total. The monoisotopic (exact) mass is 299 g/mol. The van der Waals surface area contributed by atoms with Crippen LogP contribution in [-0.2, 0) is 5.41 Å². The first-order chi connectivity index (χ1) is 10.5. The fourth-order valence-corrected chi connectivity index (χ4v) is 2.50. The number of oxazole rings is 1. The van der Waals surface area contributed by atoms with Crippen LogP contribution in [0.1, 0.15) is 77.7 Å². The fraction of sp³-hybridized carbons (Fsp3) is 0.550. The van der Waals surface area contributed by atoms with Crippen molar-refractivity contribution in [1.29, 1.82) is 0 Å². The van der Waals surface area contributed by atoms with Crippen LogP contribution in [0.5, 0.6) is 0 Å². The van der Waals surface area contributed by atoms with Crippen molar-refractivity contribution >= 4 is 11.1 Å². The van der Waals surface area contributed by atoms with Crippen molar-refractivity contribution < 1.29 is 4.42 Å². The SMILES string of the molecule is CCCCC=CC(C)c1cccc2nc(C(C)(C)CC)oc12. The Labute approximate surface area is 134 Å². The number of unbranched alkanes of at least 4 members (excludes halogenated alkanes) is 2. The van der Waals surface area contributed by atoms with Gasteiger partial charge in [-0.05, 0) is 18.9 Å². The second kappa shape index (κ2) is 7.13. The van der Waals surface area contributed by atoms with E-state index in [0.29, 0.717) is 5.92 Å². The second-order valence-electron chi connectivity index (χ2n) is 6.81. The van der Waals surface area contributed by atoms with Crippen LogP contribution in [0.15, 0.2) is 34.8 Å². The van der Waals surface area contributed by atoms with Gasteiger partial charge in [0.15, 0.2) is 5.58 Å². The van der Waals surface area contributed by atoms with Gasteiger partial charge in [0.25, 0.3) is 0 Å². The molecule has 0 spiro atoms. The Balaban J connectivity index is 2.32. The van der Waals surface area contributed by atoms with Crippen molar-refractivity contribution in [2.75, 3.05) is 0 Å². The first-order valence-electron chi connectivity index (χ1n) is 8.56. The predicted molar refractivity (Wildman–Crippen MR) is 94.4 cm³/mol. The first kappa shape index (κ1) is 16.8. The Morgan fingerprint density at radius 3 is 2.73 bits per heavy atom. The number of fused-ring (bicyclic) bond motifs is 1. The summed E-state index contributed by atoms with van der Waals surface area (Å²) < 4.78 is 6.16. The minimum atomic E-state index is -0.0174. The minimum Gasteiger partial charge on any atom is -0.440 e. The average molecular weight is 299 g/mol. The normalized spacial score (nSPS) is 14.0. The number of allylic oxidation sites excluding steroid dienone is 2. The van der Waals surface area contributed by atoms with Gasteiger partial charge in [0, 0.05) is 16.9 Å². The number of nitrogens with zero attached hydrogens (tertiary/aromatic N) is 1. The smallest absolute Gasteiger partial charge is 0.201 e. The molecule has 0 fully saturated rings. The van der Waals surface area contributed by atoms with Crippen LogP contribution in [0.3, 0.4) is 0 Å². The van der Waals surface area contributed by atoms with Crippen molar-refractivity contribution in [2.24, 2.45) is 0 Å². The van der Waals surface area contributed by atoms with Gasteiger partial charge in [0.1, 0.15) is 5.52 Å². The highest BCUT2D eigenvalue weighted by Crippen LogP contribution is 2.33. The van der Waals surface area contributed by atoms with E-state index in [2.05, 4.69) is 58.9 Å². The number of hydrogen-bond acceptors (Lipinski definition) is 2. The Bertz CT molecular complexity index is 636. The maximum Gasteiger partial charge on any atom is 0.201 e. The topological polar surface area (TPSA) is 26.0 Å². The standard InChI is InChI=1S/C20H29NO/c1-6-8-9-10-12-15(3)16-13-11-14-17-18(16)22-19(21-17)20(4,5)7-2/h10-15H,6-9H2,1-5H3. The maximum atomic E-state index is 6.16. The summed E-state index contributed by atoms with van der Waals surface area (Å²) in [6, 6.07) is 6.29. The summed E-state index contributed by atoms with van der Waals surface area (Å²) in [5.74, 6) is 1.20. The molecule has 0 bridgehead atoms. The van der Waals surface area contributed by atoms with Crippen molar-refractivity contribution in [1.82, 2.24) is 4.98 Å². The molecule has 2 aromatic rings. The molecule has 0 aliphatic heterocycles. The lowest BCUT2D eigenvalue weighted by molar-refractivity contribution is 0.373. The number of benzene rings is 1. The molecule has 1 aromatic carbocycles. The first-order valence-corrected chi connectivity index (χ1v) is 8.56. The lowest BCUT2D eigenvalue weighted by Gasteiger charge is -2.17. The molecule has 1 aromatic heterocycles. The summed E-state index contributed by atoms with van der Waals surface area (Å²) >= 11 is 0. The molecule has 0 amide bonds. The van der Waals surface area contributed by atoms with E-state index < -0.39 is 0 Å². The largest absolute Gasteiger partial charge is 0.440 e. The Kier molecular flexibility index (Phi) is 5.44. The van der Waals surface area contributed by atoms with Gasteiger partial charge < -0.3 is 4.42 Å². The highest BCUT2D eigenvalue weighted by molar-refractivity contribution is 5.77. The molecule has 0 saturated carbocycles. The van der Waals surface area contributed by atoms with Crippen LogP contribution in [0.4, 0.5) is 0 Å². The molecule has 2 nitrogen and oxygen atoms in total. The zero-order chi connectivity index (χ0) is 16.2. The molecule has 0 aliphatic rings. The summed E-state index contributed by atoms with van der Waals surface area (Å²) in [6.45, 7) is 11.0. The summed E-state index contributed by atoms with van der Waals surface area (Å²) in [7, 11) is 0. The van der Waals surface area contributed by atoms with Gasteiger partial charge in [-0.15, -0.1) is 0 Å². The van der Waals surface area contributed by atoms with E-state index in [-0.39, 0.29) is 5.41 Å². The summed E-state index contributed by atoms with van der Waals surface area (Å²) in [4.78, 5) is 4.72. The van der Waals surface area contributed by atoms with Crippen LogP contribution in [0, 0.1) is 0 Å². The Hall–Kier alpha value is -1.57. The molecule has 1 heterocycles. The quantitative estimate of drug-likeness (QED) is 0.439. The van der Waals surface area contributed by atoms with Gasteiger partial charge in [-0.1, -0.05) is 71.7 Å². The fourth-order valence-electron chi connectivity index (χ4n) is 2.50. The molecule has 2 heteroatoms. The summed E-state index contributed by atoms with van der Waals surface area (Å²) in [6.07, 6.45) is 9.25. The van der Waals surface area contributed by atoms with Crippen molar-refractivity contribution in [3.8, 4) is 0 Å². The van der Waals surface area contributed by atoms with E-state index in [1.165, 1.54) is 18.4 Å². The highest BCUT2D eigenvalue weighted by Gasteiger charge is 2.25. The third kappa shape index (κ3) is 3.60. The number of hydrogen-bond donors (Lipinski definition) is 0. The van der Waals surface area contributed by atoms with Gasteiger partial charge in [-0.3, -0.25) is 0 Å². The third-order valence-corrected chi connectivity index (χ3v) is 4.55. The molecule has 1 unspecified atom stereocenters. The van der Waals surface area contributed by atoms with E-state index in [1.54, 1.807) is 0 Å². The Morgan fingerprint density at radius 1 is 1.27 bits per heavy atom. The maximum absolute atomic E-state index is 6.16. The highest BCUT2D eigenvalue weighted by atomic mass is 16.3. The molecule has 22 heavy (non-hydrogen) atoms. The zero-order valence-electron chi connectivity index (χ0n) is 14.6. The molecule has 0 saturated heterocycles. The van der Waals surface area contributed by atoms with Crippen molar-refractivity contribution in [3.05, 3.63) is 41.8 Å². The average Bonchev–Trinajstić information content (AvgIpc) is 2.96. The van der Waals surface area contributed by atoms with Gasteiger partial charge in [0.05, 0.1) is 0 Å². The van der Waals surface area contributed by atoms with Gasteiger partial charge in [0.2, 0.25) is 5.89 Å². The molecule has 1 atom stereocenters. The van der Waals surface area contributed by atoms with Gasteiger partial charge in [-0.25, -0.2) is 4.98 Å². The molecule has 0 aliphatic carbocycles. The van der Waals surface area contributed by atoms with Crippen molar-refractivity contribution in [2.45, 2.75) is 71.6 Å². The predicted octanol–water partition coefficient (Wildman–Crippen LogP) is 6.37. The van der Waals surface area contributed by atoms with E-state index in [4.69, 9.17) is 9.40 Å². The molecular weight excluding hydrogens is 270 g/mol. The lowest BCUT2D eigenvalue weighted by Crippen LogP contribution is -2.15. The summed E-state index contributed by atoms with van der Waals surface area (Å²) in [5, 5.41) is 0. The van der Waals surface area contributed by atoms with Crippen LogP contribution in [-0.4, -0.2) is 4.98 Å². The molecule has 120 valence electrons. The van der Waals surface area contributed by atoms with Gasteiger partial charge >= 0.3 is 0 Å². The lowest BCUT2D eigenvalue weighted by atomic mass is 9.90. The van der Waals surface area contributed by atoms with E-state index in [1.807, 2.05) is 6.07 Å². The summed E-state index contributed by atoms with van der Waals surface area (Å²) in [5.41, 5.74) is 3.14. The van der Waals surface area contributed by atoms with E-state index in [9.17, 15) is 0 Å². The minimum absolute atomic E-state index is 0.0174. The van der Waals surface area contributed by atoms with Crippen LogP contribution >= 0.6 is 0 Å². The van der Waals surface area contributed by atoms with Crippen LogP contribution in [0.2, 0.25) is 0 Å².